The number of hydrogen-bond donors (Lipinski definition) is 0. The van der Waals surface area contributed by atoms with E-state index in [0.717, 1.165) is 187 Å². The van der Waals surface area contributed by atoms with Gasteiger partial charge in [-0.15, -0.1) is 0 Å². The molecular weight excluding hydrogens is 1110 g/mol. The third-order valence-electron chi connectivity index (χ3n) is 18.8. The van der Waals surface area contributed by atoms with Gasteiger partial charge in [0.05, 0.1) is 11.4 Å². The molecule has 0 N–H and O–H groups in total. The molecule has 0 saturated carbocycles. The molecule has 0 aliphatic carbocycles. The first-order valence-corrected chi connectivity index (χ1v) is 30.8. The molecule has 0 fully saturated rings. The van der Waals surface area contributed by atoms with Gasteiger partial charge in [-0.2, -0.15) is 0 Å². The van der Waals surface area contributed by atoms with Crippen LogP contribution < -0.4 is 9.80 Å². The summed E-state index contributed by atoms with van der Waals surface area (Å²) in [7, 11) is 0. The van der Waals surface area contributed by atoms with Crippen molar-refractivity contribution in [3.05, 3.63) is 242 Å². The highest BCUT2D eigenvalue weighted by atomic mass is 16.4. The first-order chi connectivity index (χ1) is 43.8. The third-order valence-corrected chi connectivity index (χ3v) is 18.8. The molecule has 19 aromatic rings. The average molecular weight is 1170 g/mol. The molecule has 0 unspecified atom stereocenters. The maximum absolute atomic E-state index is 7.06. The molecular formula is C82H56N2O6. The van der Waals surface area contributed by atoms with Crippen molar-refractivity contribution < 1.29 is 26.5 Å². The highest BCUT2D eigenvalue weighted by Gasteiger charge is 2.28. The Bertz CT molecular complexity index is 5900. The Hall–Kier alpha value is -11.2. The number of hydrogen-bond acceptors (Lipinski definition) is 8. The fourth-order valence-electron chi connectivity index (χ4n) is 14.5. The number of furan rings is 6. The number of fused-ring (bicyclic) bond motifs is 20. The molecule has 0 atom stereocenters. The third kappa shape index (κ3) is 7.48. The van der Waals surface area contributed by atoms with Gasteiger partial charge in [-0.05, 0) is 148 Å². The Kier molecular flexibility index (Phi) is 10.3. The molecule has 6 heterocycles. The standard InChI is InChI=1S/C82H56N2O6/c1-81(2,3)65-21-11-17-55-57-19-13-23-67(79(57)89-77(55)65)83(51-31-33-71-61(41-51)53-15-7-9-25-69(53)85-71)49-29-27-45-37-59-63-43-64-60-38-46-28-30-50(36-48(46)40-74(60)88-76(64)44-75(63)87-73(59)39-47(45)35-49)84(52-32-34-72-62(42-52)54-16-8-10-26-70(54)86-72)68-24-14-20-58-56-18-12-22-66(82(4,5)6)78(56)90-80(58)68/h7-44H,1-6H3. The molecule has 430 valence electrons. The smallest absolute Gasteiger partial charge is 0.159 e. The maximum Gasteiger partial charge on any atom is 0.159 e. The predicted octanol–water partition coefficient (Wildman–Crippen LogP) is 24.9. The number of para-hydroxylation sites is 6. The summed E-state index contributed by atoms with van der Waals surface area (Å²) in [5.74, 6) is 0. The molecule has 13 aromatic carbocycles. The van der Waals surface area contributed by atoms with Crippen molar-refractivity contribution in [3.63, 3.8) is 0 Å². The van der Waals surface area contributed by atoms with Gasteiger partial charge in [0.1, 0.15) is 55.8 Å². The van der Waals surface area contributed by atoms with E-state index in [1.54, 1.807) is 0 Å². The van der Waals surface area contributed by atoms with Crippen LogP contribution >= 0.6 is 0 Å². The molecule has 0 amide bonds. The van der Waals surface area contributed by atoms with Crippen LogP contribution in [0.4, 0.5) is 34.1 Å². The van der Waals surface area contributed by atoms with Gasteiger partial charge < -0.3 is 36.3 Å². The highest BCUT2D eigenvalue weighted by Crippen LogP contribution is 2.50. The summed E-state index contributed by atoms with van der Waals surface area (Å²) >= 11 is 0. The average Bonchev–Trinajstić information content (AvgIpc) is 1.67. The minimum Gasteiger partial charge on any atom is -0.456 e. The summed E-state index contributed by atoms with van der Waals surface area (Å²) < 4.78 is 40.5. The first-order valence-electron chi connectivity index (χ1n) is 30.8. The lowest BCUT2D eigenvalue weighted by Crippen LogP contribution is -2.11. The van der Waals surface area contributed by atoms with Gasteiger partial charge in [0.25, 0.3) is 0 Å². The highest BCUT2D eigenvalue weighted by molar-refractivity contribution is 6.20. The van der Waals surface area contributed by atoms with Crippen LogP contribution in [-0.2, 0) is 10.8 Å². The van der Waals surface area contributed by atoms with Crippen molar-refractivity contribution in [2.45, 2.75) is 52.4 Å². The Labute approximate surface area is 514 Å². The number of rotatable bonds is 6. The molecule has 8 nitrogen and oxygen atoms in total. The fraction of sp³-hybridized carbons (Fsp3) is 0.0976. The van der Waals surface area contributed by atoms with Crippen molar-refractivity contribution >= 4 is 187 Å². The lowest BCUT2D eigenvalue weighted by molar-refractivity contribution is 0.572. The molecule has 8 heteroatoms. The van der Waals surface area contributed by atoms with Crippen molar-refractivity contribution in [3.8, 4) is 0 Å². The fourth-order valence-corrected chi connectivity index (χ4v) is 14.5. The van der Waals surface area contributed by atoms with Crippen molar-refractivity contribution in [2.24, 2.45) is 0 Å². The summed E-state index contributed by atoms with van der Waals surface area (Å²) in [6.07, 6.45) is 0. The molecule has 0 bridgehead atoms. The number of anilines is 6. The lowest BCUT2D eigenvalue weighted by Gasteiger charge is -2.26. The molecule has 0 spiro atoms. The summed E-state index contributed by atoms with van der Waals surface area (Å²) in [5.41, 5.74) is 17.9. The van der Waals surface area contributed by atoms with Crippen molar-refractivity contribution in [1.29, 1.82) is 0 Å². The monoisotopic (exact) mass is 1160 g/mol. The summed E-state index contributed by atoms with van der Waals surface area (Å²) in [4.78, 5) is 4.64. The van der Waals surface area contributed by atoms with Crippen LogP contribution in [0.5, 0.6) is 0 Å². The zero-order valence-corrected chi connectivity index (χ0v) is 50.3. The minimum atomic E-state index is -0.119. The normalized spacial score (nSPS) is 12.8. The van der Waals surface area contributed by atoms with Crippen LogP contribution in [0.1, 0.15) is 52.7 Å². The molecule has 19 rings (SSSR count). The van der Waals surface area contributed by atoms with E-state index >= 15 is 0 Å². The van der Waals surface area contributed by atoms with Gasteiger partial charge in [0, 0.05) is 105 Å². The summed E-state index contributed by atoms with van der Waals surface area (Å²) in [6, 6.07) is 82.0. The maximum atomic E-state index is 7.06. The first kappa shape index (κ1) is 50.9. The zero-order valence-electron chi connectivity index (χ0n) is 50.3. The van der Waals surface area contributed by atoms with E-state index in [2.05, 4.69) is 258 Å². The Morgan fingerprint density at radius 3 is 1.02 bits per heavy atom. The van der Waals surface area contributed by atoms with Gasteiger partial charge in [-0.25, -0.2) is 0 Å². The van der Waals surface area contributed by atoms with Gasteiger partial charge in [0.2, 0.25) is 0 Å². The Morgan fingerprint density at radius 2 is 0.567 bits per heavy atom. The van der Waals surface area contributed by atoms with E-state index in [-0.39, 0.29) is 10.8 Å². The van der Waals surface area contributed by atoms with E-state index in [0.29, 0.717) is 0 Å². The van der Waals surface area contributed by atoms with Gasteiger partial charge >= 0.3 is 0 Å². The van der Waals surface area contributed by atoms with E-state index in [9.17, 15) is 0 Å². The second-order valence-corrected chi connectivity index (χ2v) is 26.4. The topological polar surface area (TPSA) is 85.3 Å². The van der Waals surface area contributed by atoms with E-state index in [1.165, 1.54) is 11.1 Å². The van der Waals surface area contributed by atoms with E-state index < -0.39 is 0 Å². The molecule has 0 aliphatic rings. The quantitative estimate of drug-likeness (QED) is 0.163. The van der Waals surface area contributed by atoms with E-state index in [1.807, 2.05) is 24.3 Å². The largest absolute Gasteiger partial charge is 0.456 e. The SMILES string of the molecule is CC(C)(C)c1cccc2c1oc1c(N(c3ccc4cc5c(cc4c3)oc3cc4oc6cc7cc(N(c8ccc9oc%10ccccc%10c9c8)c8cccc9c8oc8c(C(C)(C)C)cccc89)ccc7cc6c4cc35)c3ccc4oc5ccccc5c4c3)cccc12. The van der Waals surface area contributed by atoms with Crippen molar-refractivity contribution in [1.82, 2.24) is 0 Å². The minimum absolute atomic E-state index is 0.119. The Morgan fingerprint density at radius 1 is 0.222 bits per heavy atom. The van der Waals surface area contributed by atoms with E-state index in [4.69, 9.17) is 26.5 Å². The van der Waals surface area contributed by atoms with Gasteiger partial charge in [0.15, 0.2) is 11.2 Å². The summed E-state index contributed by atoms with van der Waals surface area (Å²) in [6.45, 7) is 13.4. The van der Waals surface area contributed by atoms with Crippen LogP contribution in [-0.4, -0.2) is 0 Å². The predicted molar refractivity (Wildman–Crippen MR) is 372 cm³/mol. The zero-order chi connectivity index (χ0) is 60.1. The number of benzene rings is 13. The van der Waals surface area contributed by atoms with Gasteiger partial charge in [-0.3, -0.25) is 0 Å². The van der Waals surface area contributed by atoms with Crippen molar-refractivity contribution in [2.75, 3.05) is 9.80 Å². The van der Waals surface area contributed by atoms with Crippen LogP contribution in [0.2, 0.25) is 0 Å². The Balaban J connectivity index is 0.736. The van der Waals surface area contributed by atoms with Crippen LogP contribution in [0.15, 0.2) is 257 Å². The molecule has 6 aromatic heterocycles. The molecule has 0 aliphatic heterocycles. The summed E-state index contributed by atoms with van der Waals surface area (Å²) in [5, 5.41) is 17.0. The van der Waals surface area contributed by atoms with Gasteiger partial charge in [-0.1, -0.05) is 151 Å². The second kappa shape index (κ2) is 18.2. The lowest BCUT2D eigenvalue weighted by atomic mass is 9.86. The number of nitrogens with zero attached hydrogens (tertiary/aromatic N) is 2. The van der Waals surface area contributed by atoms with Crippen LogP contribution in [0, 0.1) is 0 Å². The molecule has 90 heavy (non-hydrogen) atoms. The van der Waals surface area contributed by atoms with Crippen LogP contribution in [0.3, 0.4) is 0 Å². The molecule has 0 saturated heterocycles. The molecule has 0 radical (unpaired) electrons. The van der Waals surface area contributed by atoms with Crippen LogP contribution in [0.25, 0.3) is 153 Å². The second-order valence-electron chi connectivity index (χ2n) is 26.4.